The summed E-state index contributed by atoms with van der Waals surface area (Å²) in [6.07, 6.45) is -1.43. The Kier molecular flexibility index (Phi) is 5.13. The van der Waals surface area contributed by atoms with Crippen LogP contribution in [0.4, 0.5) is 8.68 Å². The minimum absolute atomic E-state index is 0.00320. The van der Waals surface area contributed by atoms with Crippen molar-refractivity contribution in [2.24, 2.45) is 0 Å². The normalized spacial score (nSPS) is 19.3. The number of carbonyl (C=O) groups excluding carboxylic acids is 1. The molecular weight excluding hydrogens is 301 g/mol. The van der Waals surface area contributed by atoms with Crippen molar-refractivity contribution in [2.75, 3.05) is 25.4 Å². The van der Waals surface area contributed by atoms with Gasteiger partial charge in [0, 0.05) is 6.54 Å². The van der Waals surface area contributed by atoms with Crippen LogP contribution < -0.4 is 0 Å². The molecule has 2 rings (SSSR count). The number of morpholine rings is 1. The molecule has 1 aliphatic rings. The van der Waals surface area contributed by atoms with E-state index in [1.165, 1.54) is 4.90 Å². The monoisotopic (exact) mass is 317 g/mol. The minimum atomic E-state index is -4.63. The number of ether oxygens (including phenoxy) is 2. The van der Waals surface area contributed by atoms with E-state index in [0.29, 0.717) is 0 Å². The van der Waals surface area contributed by atoms with E-state index in [2.05, 4.69) is 0 Å². The SMILES string of the molecule is O=C(OCc1ccccc1)N1CCOC(CS(=O)(=O)F)C1. The molecule has 21 heavy (non-hydrogen) atoms. The van der Waals surface area contributed by atoms with Crippen molar-refractivity contribution in [3.05, 3.63) is 35.9 Å². The predicted octanol–water partition coefficient (Wildman–Crippen LogP) is 1.32. The lowest BCUT2D eigenvalue weighted by Crippen LogP contribution is -2.47. The van der Waals surface area contributed by atoms with Crippen LogP contribution in [0.25, 0.3) is 0 Å². The van der Waals surface area contributed by atoms with Crippen LogP contribution in [-0.4, -0.2) is 51.0 Å². The van der Waals surface area contributed by atoms with E-state index in [4.69, 9.17) is 9.47 Å². The second-order valence-corrected chi connectivity index (χ2v) is 6.10. The Hall–Kier alpha value is -1.67. The van der Waals surface area contributed by atoms with E-state index in [1.54, 1.807) is 0 Å². The van der Waals surface area contributed by atoms with Gasteiger partial charge in [-0.3, -0.25) is 0 Å². The van der Waals surface area contributed by atoms with E-state index in [9.17, 15) is 17.1 Å². The maximum absolute atomic E-state index is 12.6. The first kappa shape index (κ1) is 15.7. The zero-order chi connectivity index (χ0) is 15.3. The van der Waals surface area contributed by atoms with Crippen LogP contribution in [0.15, 0.2) is 30.3 Å². The number of rotatable bonds is 4. The summed E-state index contributed by atoms with van der Waals surface area (Å²) in [5.41, 5.74) is 0.849. The summed E-state index contributed by atoms with van der Waals surface area (Å²) in [7, 11) is -4.63. The highest BCUT2D eigenvalue weighted by Gasteiger charge is 2.28. The summed E-state index contributed by atoms with van der Waals surface area (Å²) < 4.78 is 44.1. The van der Waals surface area contributed by atoms with Crippen LogP contribution in [0.5, 0.6) is 0 Å². The van der Waals surface area contributed by atoms with Crippen LogP contribution in [0.3, 0.4) is 0 Å². The molecule has 0 aliphatic carbocycles. The molecule has 1 aromatic rings. The second kappa shape index (κ2) is 6.86. The lowest BCUT2D eigenvalue weighted by atomic mass is 10.2. The summed E-state index contributed by atoms with van der Waals surface area (Å²) in [6.45, 7) is 0.566. The second-order valence-electron chi connectivity index (χ2n) is 4.68. The molecule has 1 fully saturated rings. The molecule has 116 valence electrons. The lowest BCUT2D eigenvalue weighted by molar-refractivity contribution is -0.0181. The van der Waals surface area contributed by atoms with Gasteiger partial charge in [0.05, 0.1) is 19.3 Å². The number of benzene rings is 1. The highest BCUT2D eigenvalue weighted by Crippen LogP contribution is 2.11. The van der Waals surface area contributed by atoms with Crippen molar-refractivity contribution in [1.82, 2.24) is 4.90 Å². The predicted molar refractivity (Wildman–Crippen MR) is 72.8 cm³/mol. The molecule has 1 unspecified atom stereocenters. The molecule has 1 aliphatic heterocycles. The van der Waals surface area contributed by atoms with Gasteiger partial charge >= 0.3 is 16.3 Å². The molecule has 1 amide bonds. The summed E-state index contributed by atoms with van der Waals surface area (Å²) in [5, 5.41) is 0. The van der Waals surface area contributed by atoms with Gasteiger partial charge in [-0.15, -0.1) is 3.89 Å². The van der Waals surface area contributed by atoms with Crippen molar-refractivity contribution < 1.29 is 26.6 Å². The molecule has 0 spiro atoms. The number of hydrogen-bond acceptors (Lipinski definition) is 5. The van der Waals surface area contributed by atoms with Crippen LogP contribution in [-0.2, 0) is 26.3 Å². The summed E-state index contributed by atoms with van der Waals surface area (Å²) in [6, 6.07) is 9.17. The third-order valence-corrected chi connectivity index (χ3v) is 3.76. The van der Waals surface area contributed by atoms with E-state index < -0.39 is 28.2 Å². The van der Waals surface area contributed by atoms with Crippen LogP contribution in [0.2, 0.25) is 0 Å². The van der Waals surface area contributed by atoms with Crippen LogP contribution >= 0.6 is 0 Å². The van der Waals surface area contributed by atoms with E-state index >= 15 is 0 Å². The molecule has 0 saturated carbocycles. The topological polar surface area (TPSA) is 72.9 Å². The number of hydrogen-bond donors (Lipinski definition) is 0. The van der Waals surface area contributed by atoms with Gasteiger partial charge in [-0.1, -0.05) is 30.3 Å². The molecular formula is C13H16FNO5S. The smallest absolute Gasteiger partial charge is 0.410 e. The van der Waals surface area contributed by atoms with Crippen LogP contribution in [0, 0.1) is 0 Å². The standard InChI is InChI=1S/C13H16FNO5S/c14-21(17,18)10-12-8-15(6-7-19-12)13(16)20-9-11-4-2-1-3-5-11/h1-5,12H,6-10H2. The van der Waals surface area contributed by atoms with Gasteiger partial charge in [0.25, 0.3) is 0 Å². The summed E-state index contributed by atoms with van der Waals surface area (Å²) >= 11 is 0. The summed E-state index contributed by atoms with van der Waals surface area (Å²) in [4.78, 5) is 13.2. The van der Waals surface area contributed by atoms with Gasteiger partial charge < -0.3 is 14.4 Å². The number of carbonyl (C=O) groups is 1. The van der Waals surface area contributed by atoms with Gasteiger partial charge in [-0.2, -0.15) is 8.42 Å². The molecule has 1 heterocycles. The van der Waals surface area contributed by atoms with Gasteiger partial charge in [0.2, 0.25) is 0 Å². The maximum Gasteiger partial charge on any atom is 0.410 e. The molecule has 0 aromatic heterocycles. The van der Waals surface area contributed by atoms with Crippen molar-refractivity contribution >= 4 is 16.3 Å². The number of nitrogens with zero attached hydrogens (tertiary/aromatic N) is 1. The fourth-order valence-electron chi connectivity index (χ4n) is 2.02. The molecule has 0 N–H and O–H groups in total. The maximum atomic E-state index is 12.6. The minimum Gasteiger partial charge on any atom is -0.445 e. The lowest BCUT2D eigenvalue weighted by Gasteiger charge is -2.31. The zero-order valence-electron chi connectivity index (χ0n) is 11.3. The van der Waals surface area contributed by atoms with E-state index in [0.717, 1.165) is 5.56 Å². The first-order chi connectivity index (χ1) is 9.94. The number of amides is 1. The van der Waals surface area contributed by atoms with Crippen molar-refractivity contribution in [3.63, 3.8) is 0 Å². The molecule has 8 heteroatoms. The Balaban J connectivity index is 1.84. The Labute approximate surface area is 122 Å². The van der Waals surface area contributed by atoms with Gasteiger partial charge in [0.1, 0.15) is 12.4 Å². The largest absolute Gasteiger partial charge is 0.445 e. The highest BCUT2D eigenvalue weighted by atomic mass is 32.3. The van der Waals surface area contributed by atoms with Crippen LogP contribution in [0.1, 0.15) is 5.56 Å². The fourth-order valence-corrected chi connectivity index (χ4v) is 2.66. The molecule has 0 bridgehead atoms. The molecule has 1 atom stereocenters. The van der Waals surface area contributed by atoms with Gasteiger partial charge in [0.15, 0.2) is 0 Å². The Morgan fingerprint density at radius 1 is 1.38 bits per heavy atom. The van der Waals surface area contributed by atoms with E-state index in [1.807, 2.05) is 30.3 Å². The molecule has 6 nitrogen and oxygen atoms in total. The highest BCUT2D eigenvalue weighted by molar-refractivity contribution is 7.86. The first-order valence-electron chi connectivity index (χ1n) is 6.43. The zero-order valence-corrected chi connectivity index (χ0v) is 12.1. The van der Waals surface area contributed by atoms with Crippen molar-refractivity contribution in [3.8, 4) is 0 Å². The summed E-state index contributed by atoms with van der Waals surface area (Å²) in [5.74, 6) is -0.754. The fraction of sp³-hybridized carbons (Fsp3) is 0.462. The third kappa shape index (κ3) is 5.31. The molecule has 1 saturated heterocycles. The Morgan fingerprint density at radius 3 is 2.76 bits per heavy atom. The number of halogens is 1. The van der Waals surface area contributed by atoms with Crippen molar-refractivity contribution in [2.45, 2.75) is 12.7 Å². The van der Waals surface area contributed by atoms with E-state index in [-0.39, 0.29) is 26.3 Å². The van der Waals surface area contributed by atoms with Crippen molar-refractivity contribution in [1.29, 1.82) is 0 Å². The first-order valence-corrected chi connectivity index (χ1v) is 7.99. The van der Waals surface area contributed by atoms with Gasteiger partial charge in [-0.25, -0.2) is 4.79 Å². The average molecular weight is 317 g/mol. The molecule has 1 aromatic carbocycles. The molecule has 0 radical (unpaired) electrons. The average Bonchev–Trinajstić information content (AvgIpc) is 2.44. The van der Waals surface area contributed by atoms with Gasteiger partial charge in [-0.05, 0) is 5.56 Å². The Morgan fingerprint density at radius 2 is 2.10 bits per heavy atom. The third-order valence-electron chi connectivity index (χ3n) is 2.99. The Bertz CT molecular complexity index is 577. The quantitative estimate of drug-likeness (QED) is 0.783.